The van der Waals surface area contributed by atoms with Gasteiger partial charge >= 0.3 is 6.09 Å². The molecule has 0 unspecified atom stereocenters. The molecule has 3 aliphatic heterocycles. The standard InChI is InChI=1S/C19H32N2O4/c1-6-13(2)15-12-24-19-9-10-20(17(23)25-18(3,4)5)11-14(19)7-8-16(22)21(15)19/h13-15H,6-12H2,1-5H3/t13-,14-,15-,19-/m1/s1. The highest BCUT2D eigenvalue weighted by molar-refractivity contribution is 5.79. The Bertz CT molecular complexity index is 544. The lowest BCUT2D eigenvalue weighted by Gasteiger charge is -2.53. The molecule has 142 valence electrons. The van der Waals surface area contributed by atoms with Crippen LogP contribution in [0.1, 0.15) is 60.3 Å². The second kappa shape index (κ2) is 6.45. The minimum atomic E-state index is -0.512. The van der Waals surface area contributed by atoms with Crippen molar-refractivity contribution in [3.63, 3.8) is 0 Å². The second-order valence-electron chi connectivity index (χ2n) is 8.78. The zero-order chi connectivity index (χ0) is 18.4. The number of likely N-dealkylation sites (tertiary alicyclic amines) is 1. The van der Waals surface area contributed by atoms with E-state index in [1.165, 1.54) is 0 Å². The first-order valence-electron chi connectivity index (χ1n) is 9.62. The van der Waals surface area contributed by atoms with E-state index in [0.717, 1.165) is 12.8 Å². The summed E-state index contributed by atoms with van der Waals surface area (Å²) in [6, 6.07) is 0.161. The van der Waals surface area contributed by atoms with Gasteiger partial charge in [0, 0.05) is 31.8 Å². The molecule has 0 saturated carbocycles. The van der Waals surface area contributed by atoms with Crippen molar-refractivity contribution in [1.29, 1.82) is 0 Å². The zero-order valence-corrected chi connectivity index (χ0v) is 16.2. The van der Waals surface area contributed by atoms with Crippen molar-refractivity contribution in [2.24, 2.45) is 11.8 Å². The molecule has 25 heavy (non-hydrogen) atoms. The average molecular weight is 352 g/mol. The Morgan fingerprint density at radius 1 is 1.44 bits per heavy atom. The molecule has 3 heterocycles. The number of hydrogen-bond acceptors (Lipinski definition) is 4. The Balaban J connectivity index is 1.77. The van der Waals surface area contributed by atoms with Crippen molar-refractivity contribution in [1.82, 2.24) is 9.80 Å². The molecule has 0 N–H and O–H groups in total. The fourth-order valence-electron chi connectivity index (χ4n) is 4.47. The molecular formula is C19H32N2O4. The Kier molecular flexibility index (Phi) is 4.77. The smallest absolute Gasteiger partial charge is 0.410 e. The molecule has 6 nitrogen and oxygen atoms in total. The summed E-state index contributed by atoms with van der Waals surface area (Å²) < 4.78 is 11.8. The highest BCUT2D eigenvalue weighted by Crippen LogP contribution is 2.47. The monoisotopic (exact) mass is 352 g/mol. The Labute approximate surface area is 150 Å². The summed E-state index contributed by atoms with van der Waals surface area (Å²) in [5.74, 6) is 0.802. The summed E-state index contributed by atoms with van der Waals surface area (Å²) in [6.45, 7) is 11.8. The average Bonchev–Trinajstić information content (AvgIpc) is 2.92. The molecule has 3 saturated heterocycles. The molecule has 6 heteroatoms. The van der Waals surface area contributed by atoms with E-state index in [1.54, 1.807) is 4.90 Å². The Morgan fingerprint density at radius 3 is 2.80 bits per heavy atom. The summed E-state index contributed by atoms with van der Waals surface area (Å²) >= 11 is 0. The zero-order valence-electron chi connectivity index (χ0n) is 16.2. The number of carbonyl (C=O) groups is 2. The van der Waals surface area contributed by atoms with Gasteiger partial charge in [0.2, 0.25) is 5.91 Å². The fraction of sp³-hybridized carbons (Fsp3) is 0.895. The van der Waals surface area contributed by atoms with Gasteiger partial charge in [-0.1, -0.05) is 20.3 Å². The van der Waals surface area contributed by atoms with Crippen LogP contribution in [0.2, 0.25) is 0 Å². The van der Waals surface area contributed by atoms with Gasteiger partial charge in [0.15, 0.2) is 0 Å². The minimum Gasteiger partial charge on any atom is -0.444 e. The first-order valence-corrected chi connectivity index (χ1v) is 9.62. The molecule has 0 aliphatic carbocycles. The predicted octanol–water partition coefficient (Wildman–Crippen LogP) is 3.01. The highest BCUT2D eigenvalue weighted by Gasteiger charge is 2.59. The molecule has 3 aliphatic rings. The van der Waals surface area contributed by atoms with E-state index >= 15 is 0 Å². The summed E-state index contributed by atoms with van der Waals surface area (Å²) in [6.07, 6.45) is 2.77. The van der Waals surface area contributed by atoms with Crippen molar-refractivity contribution in [3.8, 4) is 0 Å². The van der Waals surface area contributed by atoms with Crippen molar-refractivity contribution < 1.29 is 19.1 Å². The van der Waals surface area contributed by atoms with Crippen molar-refractivity contribution in [3.05, 3.63) is 0 Å². The number of nitrogens with zero attached hydrogens (tertiary/aromatic N) is 2. The van der Waals surface area contributed by atoms with Crippen LogP contribution in [-0.2, 0) is 14.3 Å². The fourth-order valence-corrected chi connectivity index (χ4v) is 4.47. The van der Waals surface area contributed by atoms with Gasteiger partial charge in [0.1, 0.15) is 11.3 Å². The maximum absolute atomic E-state index is 12.7. The van der Waals surface area contributed by atoms with Crippen molar-refractivity contribution in [2.45, 2.75) is 77.7 Å². The van der Waals surface area contributed by atoms with E-state index in [2.05, 4.69) is 13.8 Å². The minimum absolute atomic E-state index is 0.161. The van der Waals surface area contributed by atoms with Gasteiger partial charge in [-0.05, 0) is 33.1 Å². The number of amides is 2. The van der Waals surface area contributed by atoms with Crippen LogP contribution in [0.5, 0.6) is 0 Å². The maximum atomic E-state index is 12.7. The quantitative estimate of drug-likeness (QED) is 0.766. The lowest BCUT2D eigenvalue weighted by molar-refractivity contribution is -0.191. The van der Waals surface area contributed by atoms with Crippen LogP contribution in [0.3, 0.4) is 0 Å². The van der Waals surface area contributed by atoms with Crippen molar-refractivity contribution in [2.75, 3.05) is 19.7 Å². The van der Waals surface area contributed by atoms with Crippen LogP contribution in [0.15, 0.2) is 0 Å². The topological polar surface area (TPSA) is 59.1 Å². The largest absolute Gasteiger partial charge is 0.444 e. The van der Waals surface area contributed by atoms with E-state index in [-0.39, 0.29) is 24.0 Å². The number of hydrogen-bond donors (Lipinski definition) is 0. The van der Waals surface area contributed by atoms with Gasteiger partial charge < -0.3 is 19.3 Å². The molecule has 0 aromatic heterocycles. The molecule has 3 fully saturated rings. The number of ether oxygens (including phenoxy) is 2. The highest BCUT2D eigenvalue weighted by atomic mass is 16.6. The van der Waals surface area contributed by atoms with Crippen molar-refractivity contribution >= 4 is 12.0 Å². The van der Waals surface area contributed by atoms with Crippen LogP contribution in [0, 0.1) is 11.8 Å². The third-order valence-corrected chi connectivity index (χ3v) is 5.99. The summed E-state index contributed by atoms with van der Waals surface area (Å²) in [4.78, 5) is 29.0. The van der Waals surface area contributed by atoms with E-state index < -0.39 is 11.3 Å². The molecule has 0 radical (unpaired) electrons. The number of rotatable bonds is 2. The molecule has 4 atom stereocenters. The third kappa shape index (κ3) is 3.25. The van der Waals surface area contributed by atoms with E-state index in [0.29, 0.717) is 38.5 Å². The number of piperidine rings is 2. The molecule has 0 bridgehead atoms. The van der Waals surface area contributed by atoms with Gasteiger partial charge in [-0.3, -0.25) is 4.79 Å². The normalized spacial score (nSPS) is 33.7. The SMILES string of the molecule is CC[C@@H](C)[C@H]1CO[C@]23CCN(C(=O)OC(C)(C)C)C[C@H]2CCC(=O)N13. The van der Waals surface area contributed by atoms with Crippen LogP contribution in [0.4, 0.5) is 4.79 Å². The van der Waals surface area contributed by atoms with Crippen LogP contribution in [0.25, 0.3) is 0 Å². The Hall–Kier alpha value is -1.30. The predicted molar refractivity (Wildman–Crippen MR) is 93.9 cm³/mol. The van der Waals surface area contributed by atoms with E-state index in [4.69, 9.17) is 9.47 Å². The van der Waals surface area contributed by atoms with Gasteiger partial charge in [-0.25, -0.2) is 4.79 Å². The summed E-state index contributed by atoms with van der Waals surface area (Å²) in [7, 11) is 0. The van der Waals surface area contributed by atoms with Gasteiger partial charge in [-0.2, -0.15) is 0 Å². The molecule has 1 spiro atoms. The van der Waals surface area contributed by atoms with Crippen LogP contribution >= 0.6 is 0 Å². The molecule has 3 rings (SSSR count). The van der Waals surface area contributed by atoms with E-state index in [1.807, 2.05) is 25.7 Å². The lowest BCUT2D eigenvalue weighted by atomic mass is 9.79. The Morgan fingerprint density at radius 2 is 2.16 bits per heavy atom. The van der Waals surface area contributed by atoms with Crippen LogP contribution < -0.4 is 0 Å². The van der Waals surface area contributed by atoms with Gasteiger partial charge in [-0.15, -0.1) is 0 Å². The summed E-state index contributed by atoms with van der Waals surface area (Å²) in [5, 5.41) is 0. The van der Waals surface area contributed by atoms with E-state index in [9.17, 15) is 9.59 Å². The number of carbonyl (C=O) groups excluding carboxylic acids is 2. The second-order valence-corrected chi connectivity index (χ2v) is 8.78. The van der Waals surface area contributed by atoms with Crippen LogP contribution in [-0.4, -0.2) is 58.9 Å². The van der Waals surface area contributed by atoms with Gasteiger partial charge in [0.25, 0.3) is 0 Å². The molecule has 0 aromatic rings. The first kappa shape index (κ1) is 18.5. The summed E-state index contributed by atoms with van der Waals surface area (Å²) in [5.41, 5.74) is -1.01. The lowest BCUT2D eigenvalue weighted by Crippen LogP contribution is -2.65. The third-order valence-electron chi connectivity index (χ3n) is 5.99. The maximum Gasteiger partial charge on any atom is 0.410 e. The first-order chi connectivity index (χ1) is 11.7. The molecule has 0 aromatic carbocycles. The van der Waals surface area contributed by atoms with Gasteiger partial charge in [0.05, 0.1) is 12.6 Å². The molecule has 2 amide bonds. The molecular weight excluding hydrogens is 320 g/mol.